The van der Waals surface area contributed by atoms with Crippen LogP contribution in [-0.2, 0) is 13.0 Å². The number of halogens is 1. The number of piperazine rings is 1. The van der Waals surface area contributed by atoms with Crippen LogP contribution < -0.4 is 10.2 Å². The molecule has 1 N–H and O–H groups in total. The minimum absolute atomic E-state index is 0. The van der Waals surface area contributed by atoms with Crippen molar-refractivity contribution >= 4 is 57.5 Å². The number of fused-ring (bicyclic) bond motifs is 1. The van der Waals surface area contributed by atoms with Crippen molar-refractivity contribution in [2.24, 2.45) is 4.99 Å². The van der Waals surface area contributed by atoms with Crippen LogP contribution in [0.5, 0.6) is 0 Å². The van der Waals surface area contributed by atoms with Gasteiger partial charge in [-0.1, -0.05) is 25.1 Å². The van der Waals surface area contributed by atoms with Gasteiger partial charge < -0.3 is 15.1 Å². The molecule has 4 rings (SSSR count). The van der Waals surface area contributed by atoms with Crippen molar-refractivity contribution in [1.29, 1.82) is 0 Å². The van der Waals surface area contributed by atoms with E-state index in [-0.39, 0.29) is 24.0 Å². The molecule has 0 atom stereocenters. The lowest BCUT2D eigenvalue weighted by molar-refractivity contribution is 0.372. The lowest BCUT2D eigenvalue weighted by Crippen LogP contribution is -2.52. The van der Waals surface area contributed by atoms with Gasteiger partial charge >= 0.3 is 0 Å². The molecule has 1 aromatic carbocycles. The van der Waals surface area contributed by atoms with Crippen molar-refractivity contribution in [3.63, 3.8) is 0 Å². The highest BCUT2D eigenvalue weighted by Gasteiger charge is 2.22. The van der Waals surface area contributed by atoms with Gasteiger partial charge in [-0.3, -0.25) is 9.98 Å². The van der Waals surface area contributed by atoms with E-state index >= 15 is 0 Å². The Labute approximate surface area is 192 Å². The quantitative estimate of drug-likeness (QED) is 0.322. The van der Waals surface area contributed by atoms with E-state index in [1.807, 2.05) is 25.4 Å². The zero-order chi connectivity index (χ0) is 19.3. The fourth-order valence-electron chi connectivity index (χ4n) is 3.44. The highest BCUT2D eigenvalue weighted by atomic mass is 127. The van der Waals surface area contributed by atoms with Crippen molar-refractivity contribution in [3.05, 3.63) is 47.9 Å². The highest BCUT2D eigenvalue weighted by molar-refractivity contribution is 14.0. The summed E-state index contributed by atoms with van der Waals surface area (Å²) in [7, 11) is 1.84. The number of aromatic nitrogens is 3. The predicted octanol–water partition coefficient (Wildman–Crippen LogP) is 3.16. The highest BCUT2D eigenvalue weighted by Crippen LogP contribution is 2.20. The summed E-state index contributed by atoms with van der Waals surface area (Å²) in [6, 6.07) is 10.3. The van der Waals surface area contributed by atoms with E-state index in [1.165, 1.54) is 22.5 Å². The van der Waals surface area contributed by atoms with Gasteiger partial charge in [0.05, 0.1) is 5.52 Å². The SMILES string of the molecule is CCc1nsc(N2CCN(C(=NC)NCc3ccnc4ccccc34)CC2)n1.I. The van der Waals surface area contributed by atoms with Crippen LogP contribution in [0.4, 0.5) is 5.13 Å². The topological polar surface area (TPSA) is 69.5 Å². The lowest BCUT2D eigenvalue weighted by atomic mass is 10.1. The number of nitrogens with one attached hydrogen (secondary N) is 1. The van der Waals surface area contributed by atoms with Gasteiger partial charge in [0.25, 0.3) is 0 Å². The number of para-hydroxylation sites is 1. The number of guanidine groups is 1. The molecule has 3 aromatic rings. The van der Waals surface area contributed by atoms with Gasteiger partial charge in [-0.15, -0.1) is 24.0 Å². The molecule has 1 fully saturated rings. The summed E-state index contributed by atoms with van der Waals surface area (Å²) in [5.74, 6) is 1.87. The molecule has 1 aliphatic rings. The molecule has 0 radical (unpaired) electrons. The van der Waals surface area contributed by atoms with Crippen LogP contribution in [0.2, 0.25) is 0 Å². The number of aliphatic imine (C=N–C) groups is 1. The Morgan fingerprint density at radius 3 is 2.69 bits per heavy atom. The predicted molar refractivity (Wildman–Crippen MR) is 130 cm³/mol. The molecule has 0 aliphatic carbocycles. The van der Waals surface area contributed by atoms with Crippen LogP contribution in [0.25, 0.3) is 10.9 Å². The Hall–Kier alpha value is -2.01. The Balaban J connectivity index is 0.00000240. The molecular formula is C20H26IN7S. The largest absolute Gasteiger partial charge is 0.352 e. The first-order valence-electron chi connectivity index (χ1n) is 9.64. The molecule has 0 saturated carbocycles. The van der Waals surface area contributed by atoms with Crippen LogP contribution in [0.1, 0.15) is 18.3 Å². The molecule has 3 heterocycles. The summed E-state index contributed by atoms with van der Waals surface area (Å²) < 4.78 is 4.40. The van der Waals surface area contributed by atoms with Crippen molar-refractivity contribution in [2.75, 3.05) is 38.1 Å². The Morgan fingerprint density at radius 1 is 1.17 bits per heavy atom. The standard InChI is InChI=1S/C20H25N7S.HI/c1-3-18-24-20(28-25-18)27-12-10-26(11-13-27)19(21-2)23-14-15-8-9-22-17-7-5-4-6-16(15)17;/h4-9H,3,10-14H2,1-2H3,(H,21,23);1H. The van der Waals surface area contributed by atoms with Crippen LogP contribution in [-0.4, -0.2) is 58.4 Å². The van der Waals surface area contributed by atoms with Crippen LogP contribution in [0, 0.1) is 0 Å². The average molecular weight is 523 g/mol. The summed E-state index contributed by atoms with van der Waals surface area (Å²) in [5.41, 5.74) is 2.25. The van der Waals surface area contributed by atoms with Gasteiger partial charge in [-0.2, -0.15) is 4.37 Å². The molecule has 7 nitrogen and oxygen atoms in total. The molecule has 1 aliphatic heterocycles. The lowest BCUT2D eigenvalue weighted by Gasteiger charge is -2.36. The van der Waals surface area contributed by atoms with Gasteiger partial charge in [0.15, 0.2) is 5.96 Å². The number of benzene rings is 1. The van der Waals surface area contributed by atoms with E-state index in [0.717, 1.165) is 61.6 Å². The van der Waals surface area contributed by atoms with E-state index in [2.05, 4.69) is 59.6 Å². The van der Waals surface area contributed by atoms with Crippen LogP contribution in [0.3, 0.4) is 0 Å². The van der Waals surface area contributed by atoms with Crippen molar-refractivity contribution < 1.29 is 0 Å². The second kappa shape index (κ2) is 10.1. The zero-order valence-electron chi connectivity index (χ0n) is 16.7. The van der Waals surface area contributed by atoms with E-state index in [1.54, 1.807) is 0 Å². The van der Waals surface area contributed by atoms with Gasteiger partial charge in [0, 0.05) is 69.3 Å². The first kappa shape index (κ1) is 21.7. The minimum atomic E-state index is 0. The number of pyridine rings is 1. The molecule has 0 unspecified atom stereocenters. The van der Waals surface area contributed by atoms with Crippen LogP contribution >= 0.6 is 35.5 Å². The van der Waals surface area contributed by atoms with E-state index in [4.69, 9.17) is 0 Å². The van der Waals surface area contributed by atoms with Crippen LogP contribution in [0.15, 0.2) is 41.5 Å². The maximum Gasteiger partial charge on any atom is 0.205 e. The van der Waals surface area contributed by atoms with Gasteiger partial charge in [-0.05, 0) is 17.7 Å². The number of hydrogen-bond acceptors (Lipinski definition) is 6. The number of nitrogens with zero attached hydrogens (tertiary/aromatic N) is 6. The van der Waals surface area contributed by atoms with Gasteiger partial charge in [-0.25, -0.2) is 4.98 Å². The number of aryl methyl sites for hydroxylation is 1. The summed E-state index contributed by atoms with van der Waals surface area (Å²) in [5, 5.41) is 5.73. The minimum Gasteiger partial charge on any atom is -0.352 e. The van der Waals surface area contributed by atoms with Crippen molar-refractivity contribution in [1.82, 2.24) is 24.6 Å². The van der Waals surface area contributed by atoms with E-state index < -0.39 is 0 Å². The summed E-state index contributed by atoms with van der Waals surface area (Å²) >= 11 is 1.50. The van der Waals surface area contributed by atoms with Gasteiger partial charge in [0.2, 0.25) is 5.13 Å². The molecular weight excluding hydrogens is 497 g/mol. The summed E-state index contributed by atoms with van der Waals surface area (Å²) in [6.07, 6.45) is 2.75. The second-order valence-corrected chi connectivity index (χ2v) is 7.44. The van der Waals surface area contributed by atoms with E-state index in [9.17, 15) is 0 Å². The Morgan fingerprint density at radius 2 is 1.97 bits per heavy atom. The first-order valence-corrected chi connectivity index (χ1v) is 10.4. The molecule has 29 heavy (non-hydrogen) atoms. The molecule has 0 bridgehead atoms. The smallest absolute Gasteiger partial charge is 0.205 e. The number of rotatable bonds is 4. The Bertz CT molecular complexity index is 961. The maximum absolute atomic E-state index is 4.61. The van der Waals surface area contributed by atoms with Crippen molar-refractivity contribution in [2.45, 2.75) is 19.9 Å². The zero-order valence-corrected chi connectivity index (χ0v) is 19.9. The summed E-state index contributed by atoms with van der Waals surface area (Å²) in [4.78, 5) is 18.2. The average Bonchev–Trinajstić information content (AvgIpc) is 3.24. The molecule has 2 aromatic heterocycles. The van der Waals surface area contributed by atoms with Gasteiger partial charge in [0.1, 0.15) is 5.82 Å². The fourth-order valence-corrected chi connectivity index (χ4v) is 4.24. The molecule has 9 heteroatoms. The third-order valence-corrected chi connectivity index (χ3v) is 5.83. The number of hydrogen-bond donors (Lipinski definition) is 1. The number of anilines is 1. The molecule has 1 saturated heterocycles. The monoisotopic (exact) mass is 523 g/mol. The third-order valence-electron chi connectivity index (χ3n) is 5.01. The molecule has 154 valence electrons. The third kappa shape index (κ3) is 4.95. The second-order valence-electron chi connectivity index (χ2n) is 6.71. The van der Waals surface area contributed by atoms with Crippen molar-refractivity contribution in [3.8, 4) is 0 Å². The first-order chi connectivity index (χ1) is 13.8. The molecule has 0 amide bonds. The fraction of sp³-hybridized carbons (Fsp3) is 0.400. The molecule has 0 spiro atoms. The Kier molecular flexibility index (Phi) is 7.59. The normalized spacial score (nSPS) is 14.8. The maximum atomic E-state index is 4.61. The summed E-state index contributed by atoms with van der Waals surface area (Å²) in [6.45, 7) is 6.50. The van der Waals surface area contributed by atoms with E-state index in [0.29, 0.717) is 0 Å².